The van der Waals surface area contributed by atoms with Crippen LogP contribution in [0.25, 0.3) is 0 Å². The van der Waals surface area contributed by atoms with Gasteiger partial charge in [0.2, 0.25) is 15.9 Å². The van der Waals surface area contributed by atoms with E-state index in [1.165, 1.54) is 14.0 Å². The van der Waals surface area contributed by atoms with E-state index >= 15 is 0 Å². The van der Waals surface area contributed by atoms with Crippen LogP contribution in [0.2, 0.25) is 0 Å². The highest BCUT2D eigenvalue weighted by Crippen LogP contribution is 2.21. The van der Waals surface area contributed by atoms with Crippen molar-refractivity contribution in [2.45, 2.75) is 25.3 Å². The summed E-state index contributed by atoms with van der Waals surface area (Å²) < 4.78 is 30.8. The highest BCUT2D eigenvalue weighted by molar-refractivity contribution is 7.89. The summed E-state index contributed by atoms with van der Waals surface area (Å²) in [5.74, 6) is -0.211. The summed E-state index contributed by atoms with van der Waals surface area (Å²) in [6.07, 6.45) is 3.26. The number of nitrogens with zero attached hydrogens (tertiary/aromatic N) is 3. The van der Waals surface area contributed by atoms with E-state index in [1.807, 2.05) is 6.07 Å². The smallest absolute Gasteiger partial charge is 0.248 e. The van der Waals surface area contributed by atoms with Crippen molar-refractivity contribution in [2.75, 3.05) is 13.6 Å². The molecular formula is C14H18N4O4S. The van der Waals surface area contributed by atoms with E-state index < -0.39 is 15.9 Å². The van der Waals surface area contributed by atoms with Crippen molar-refractivity contribution in [1.29, 1.82) is 0 Å². The van der Waals surface area contributed by atoms with Gasteiger partial charge in [0.25, 0.3) is 0 Å². The van der Waals surface area contributed by atoms with Gasteiger partial charge in [0.15, 0.2) is 5.76 Å². The molecule has 9 heteroatoms. The predicted octanol–water partition coefficient (Wildman–Crippen LogP) is 0.623. The van der Waals surface area contributed by atoms with Crippen LogP contribution in [0.15, 0.2) is 33.9 Å². The van der Waals surface area contributed by atoms with Gasteiger partial charge in [0, 0.05) is 26.0 Å². The van der Waals surface area contributed by atoms with Gasteiger partial charge >= 0.3 is 0 Å². The summed E-state index contributed by atoms with van der Waals surface area (Å²) in [5, 5.41) is 6.28. The highest BCUT2D eigenvalue weighted by atomic mass is 32.2. The molecule has 2 rings (SSSR count). The molecule has 0 radical (unpaired) electrons. The van der Waals surface area contributed by atoms with E-state index in [9.17, 15) is 13.2 Å². The first-order valence-electron chi connectivity index (χ1n) is 6.87. The lowest BCUT2D eigenvalue weighted by Crippen LogP contribution is -2.38. The van der Waals surface area contributed by atoms with Crippen LogP contribution in [0.1, 0.15) is 17.0 Å². The Labute approximate surface area is 134 Å². The van der Waals surface area contributed by atoms with Crippen molar-refractivity contribution in [2.24, 2.45) is 0 Å². The zero-order valence-electron chi connectivity index (χ0n) is 13.1. The van der Waals surface area contributed by atoms with Gasteiger partial charge in [-0.1, -0.05) is 11.2 Å². The largest absolute Gasteiger partial charge is 0.360 e. The number of carbonyl (C=O) groups excluding carboxylic acids is 1. The van der Waals surface area contributed by atoms with E-state index in [4.69, 9.17) is 4.52 Å². The fraction of sp³-hybridized carbons (Fsp3) is 0.357. The molecule has 124 valence electrons. The number of amides is 1. The summed E-state index contributed by atoms with van der Waals surface area (Å²) in [5.41, 5.74) is 1.10. The van der Waals surface area contributed by atoms with Gasteiger partial charge < -0.3 is 9.84 Å². The van der Waals surface area contributed by atoms with Gasteiger partial charge in [-0.2, -0.15) is 4.31 Å². The highest BCUT2D eigenvalue weighted by Gasteiger charge is 2.29. The zero-order valence-corrected chi connectivity index (χ0v) is 13.9. The zero-order chi connectivity index (χ0) is 17.0. The Bertz CT molecular complexity index is 767. The van der Waals surface area contributed by atoms with Crippen LogP contribution in [0.4, 0.5) is 0 Å². The third-order valence-corrected chi connectivity index (χ3v) is 5.26. The van der Waals surface area contributed by atoms with Gasteiger partial charge in [-0.25, -0.2) is 8.42 Å². The van der Waals surface area contributed by atoms with E-state index in [2.05, 4.69) is 15.5 Å². The minimum absolute atomic E-state index is 0.0000550. The van der Waals surface area contributed by atoms with E-state index in [0.717, 1.165) is 9.87 Å². The molecule has 1 N–H and O–H groups in total. The Balaban J connectivity index is 2.01. The number of hydrogen-bond acceptors (Lipinski definition) is 6. The average Bonchev–Trinajstić information content (AvgIpc) is 2.85. The van der Waals surface area contributed by atoms with Crippen molar-refractivity contribution in [3.63, 3.8) is 0 Å². The molecule has 23 heavy (non-hydrogen) atoms. The van der Waals surface area contributed by atoms with Gasteiger partial charge in [0.05, 0.1) is 6.54 Å². The molecular weight excluding hydrogens is 320 g/mol. The first-order valence-corrected chi connectivity index (χ1v) is 8.31. The molecule has 0 aromatic carbocycles. The molecule has 0 saturated heterocycles. The van der Waals surface area contributed by atoms with Crippen LogP contribution < -0.4 is 5.32 Å². The topological polar surface area (TPSA) is 105 Å². The Hall–Kier alpha value is -2.26. The van der Waals surface area contributed by atoms with Gasteiger partial charge in [-0.15, -0.1) is 0 Å². The van der Waals surface area contributed by atoms with Crippen molar-refractivity contribution >= 4 is 15.9 Å². The molecule has 2 aromatic heterocycles. The fourth-order valence-corrected chi connectivity index (χ4v) is 3.46. The van der Waals surface area contributed by atoms with E-state index in [0.29, 0.717) is 0 Å². The minimum atomic E-state index is -3.83. The van der Waals surface area contributed by atoms with Crippen molar-refractivity contribution < 1.29 is 17.7 Å². The summed E-state index contributed by atoms with van der Waals surface area (Å²) >= 11 is 0. The van der Waals surface area contributed by atoms with E-state index in [-0.39, 0.29) is 29.4 Å². The Kier molecular flexibility index (Phi) is 5.12. The van der Waals surface area contributed by atoms with E-state index in [1.54, 1.807) is 25.4 Å². The Morgan fingerprint density at radius 3 is 2.70 bits per heavy atom. The van der Waals surface area contributed by atoms with Crippen molar-refractivity contribution in [1.82, 2.24) is 19.8 Å². The second-order valence-corrected chi connectivity index (χ2v) is 7.03. The number of rotatable bonds is 6. The molecule has 0 aliphatic heterocycles. The maximum Gasteiger partial charge on any atom is 0.248 e. The number of sulfonamides is 1. The first-order chi connectivity index (χ1) is 10.8. The predicted molar refractivity (Wildman–Crippen MR) is 81.9 cm³/mol. The first kappa shape index (κ1) is 17.1. The third-order valence-electron chi connectivity index (χ3n) is 3.21. The number of aromatic nitrogens is 2. The van der Waals surface area contributed by atoms with Crippen LogP contribution in [0.5, 0.6) is 0 Å². The summed E-state index contributed by atoms with van der Waals surface area (Å²) in [7, 11) is -2.49. The van der Waals surface area contributed by atoms with Crippen LogP contribution in [-0.4, -0.2) is 42.4 Å². The van der Waals surface area contributed by atoms with Crippen molar-refractivity contribution in [3.05, 3.63) is 41.5 Å². The summed E-state index contributed by atoms with van der Waals surface area (Å²) in [4.78, 5) is 15.9. The number of aryl methyl sites for hydroxylation is 2. The molecule has 0 fully saturated rings. The molecule has 0 aliphatic carbocycles. The molecule has 2 aromatic rings. The van der Waals surface area contributed by atoms with Crippen LogP contribution >= 0.6 is 0 Å². The standard InChI is InChI=1S/C14H18N4O4S/c1-10-14(11(2)22-17-10)23(20,21)18(3)9-13(19)16-8-12-5-4-6-15-7-12/h4-7H,8-9H2,1-3H3,(H,16,19). The molecule has 1 amide bonds. The molecule has 0 aliphatic rings. The van der Waals surface area contributed by atoms with Crippen LogP contribution in [0.3, 0.4) is 0 Å². The molecule has 0 unspecified atom stereocenters. The Morgan fingerprint density at radius 2 is 2.13 bits per heavy atom. The number of carbonyl (C=O) groups is 1. The van der Waals surface area contributed by atoms with Gasteiger partial charge in [0.1, 0.15) is 10.6 Å². The van der Waals surface area contributed by atoms with Gasteiger partial charge in [-0.05, 0) is 25.5 Å². The molecule has 8 nitrogen and oxygen atoms in total. The normalized spacial score (nSPS) is 11.7. The minimum Gasteiger partial charge on any atom is -0.360 e. The summed E-state index contributed by atoms with van der Waals surface area (Å²) in [6, 6.07) is 3.58. The lowest BCUT2D eigenvalue weighted by Gasteiger charge is -2.16. The average molecular weight is 338 g/mol. The lowest BCUT2D eigenvalue weighted by atomic mass is 10.3. The number of pyridine rings is 1. The van der Waals surface area contributed by atoms with Gasteiger partial charge in [-0.3, -0.25) is 9.78 Å². The second kappa shape index (κ2) is 6.88. The third kappa shape index (κ3) is 3.93. The molecule has 0 atom stereocenters. The van der Waals surface area contributed by atoms with Crippen LogP contribution in [-0.2, 0) is 21.4 Å². The van der Waals surface area contributed by atoms with Crippen molar-refractivity contribution in [3.8, 4) is 0 Å². The number of likely N-dealkylation sites (N-methyl/N-ethyl adjacent to an activating group) is 1. The fourth-order valence-electron chi connectivity index (χ4n) is 2.05. The Morgan fingerprint density at radius 1 is 1.39 bits per heavy atom. The SMILES string of the molecule is Cc1noc(C)c1S(=O)(=O)N(C)CC(=O)NCc1cccnc1. The molecule has 2 heterocycles. The molecule has 0 bridgehead atoms. The lowest BCUT2D eigenvalue weighted by molar-refractivity contribution is -0.121. The molecule has 0 spiro atoms. The number of hydrogen-bond donors (Lipinski definition) is 1. The maximum absolute atomic E-state index is 12.5. The summed E-state index contributed by atoms with van der Waals surface area (Å²) in [6.45, 7) is 3.04. The number of nitrogens with one attached hydrogen (secondary N) is 1. The quantitative estimate of drug-likeness (QED) is 0.828. The maximum atomic E-state index is 12.5. The molecule has 0 saturated carbocycles. The second-order valence-electron chi connectivity index (χ2n) is 5.05. The monoisotopic (exact) mass is 338 g/mol. The van der Waals surface area contributed by atoms with Crippen LogP contribution in [0, 0.1) is 13.8 Å².